The Morgan fingerprint density at radius 3 is 3.16 bits per heavy atom. The number of nitrogens with one attached hydrogen (secondary N) is 1. The topological polar surface area (TPSA) is 34.2 Å². The third kappa shape index (κ3) is 2.71. The number of fused-ring (bicyclic) bond motifs is 1. The van der Waals surface area contributed by atoms with Crippen LogP contribution in [0.4, 0.5) is 5.69 Å². The summed E-state index contributed by atoms with van der Waals surface area (Å²) in [5.74, 6) is 0. The van der Waals surface area contributed by atoms with Crippen LogP contribution in [0.15, 0.2) is 36.5 Å². The van der Waals surface area contributed by atoms with Gasteiger partial charge in [0.25, 0.3) is 0 Å². The van der Waals surface area contributed by atoms with Crippen LogP contribution in [0.25, 0.3) is 10.9 Å². The van der Waals surface area contributed by atoms with Crippen LogP contribution in [-0.2, 0) is 4.74 Å². The zero-order chi connectivity index (χ0) is 13.1. The van der Waals surface area contributed by atoms with E-state index in [-0.39, 0.29) is 0 Å². The maximum Gasteiger partial charge on any atom is 0.0722 e. The molecule has 1 saturated heterocycles. The van der Waals surface area contributed by atoms with E-state index in [0.717, 1.165) is 31.4 Å². The molecule has 0 bridgehead atoms. The molecule has 1 fully saturated rings. The molecule has 1 N–H and O–H groups in total. The van der Waals surface area contributed by atoms with Crippen molar-refractivity contribution in [2.24, 2.45) is 0 Å². The minimum Gasteiger partial charge on any atom is -0.382 e. The van der Waals surface area contributed by atoms with Gasteiger partial charge in [-0.05, 0) is 43.5 Å². The average molecular weight is 256 g/mol. The Morgan fingerprint density at radius 2 is 2.26 bits per heavy atom. The molecule has 2 aromatic rings. The Bertz CT molecular complexity index is 550. The van der Waals surface area contributed by atoms with Gasteiger partial charge in [-0.3, -0.25) is 4.98 Å². The maximum absolute atomic E-state index is 5.73. The first-order chi connectivity index (χ1) is 9.36. The van der Waals surface area contributed by atoms with Crippen molar-refractivity contribution in [3.8, 4) is 0 Å². The highest BCUT2D eigenvalue weighted by Gasteiger charge is 2.21. The first-order valence-corrected chi connectivity index (χ1v) is 7.08. The van der Waals surface area contributed by atoms with Crippen molar-refractivity contribution in [1.29, 1.82) is 0 Å². The lowest BCUT2D eigenvalue weighted by molar-refractivity contribution is 0.00927. The summed E-state index contributed by atoms with van der Waals surface area (Å²) in [6.07, 6.45) is 5.50. The molecule has 1 aliphatic rings. The Kier molecular flexibility index (Phi) is 3.65. The Balaban J connectivity index is 1.81. The summed E-state index contributed by atoms with van der Waals surface area (Å²) in [6, 6.07) is 10.9. The molecule has 2 atom stereocenters. The second kappa shape index (κ2) is 5.57. The molecule has 0 spiro atoms. The van der Waals surface area contributed by atoms with E-state index in [9.17, 15) is 0 Å². The van der Waals surface area contributed by atoms with Crippen molar-refractivity contribution < 1.29 is 4.74 Å². The molecule has 100 valence electrons. The molecule has 1 aromatic heterocycles. The molecule has 1 aromatic carbocycles. The molecule has 3 heteroatoms. The van der Waals surface area contributed by atoms with Crippen molar-refractivity contribution in [2.45, 2.75) is 38.3 Å². The first kappa shape index (κ1) is 12.4. The molecular formula is C16H20N2O. The van der Waals surface area contributed by atoms with Gasteiger partial charge in [0.05, 0.1) is 11.6 Å². The predicted octanol–water partition coefficient (Wildman–Crippen LogP) is 3.60. The van der Waals surface area contributed by atoms with Crippen LogP contribution in [0.1, 0.15) is 26.2 Å². The minimum atomic E-state index is 0.402. The largest absolute Gasteiger partial charge is 0.382 e. The molecule has 0 aliphatic carbocycles. The lowest BCUT2D eigenvalue weighted by atomic mass is 10.0. The number of hydrogen-bond acceptors (Lipinski definition) is 3. The fourth-order valence-corrected chi connectivity index (χ4v) is 2.74. The van der Waals surface area contributed by atoms with Crippen molar-refractivity contribution in [3.05, 3.63) is 36.5 Å². The molecule has 0 saturated carbocycles. The Morgan fingerprint density at radius 1 is 1.32 bits per heavy atom. The summed E-state index contributed by atoms with van der Waals surface area (Å²) in [5.41, 5.74) is 2.24. The van der Waals surface area contributed by atoms with Crippen molar-refractivity contribution in [3.63, 3.8) is 0 Å². The fourth-order valence-electron chi connectivity index (χ4n) is 2.74. The van der Waals surface area contributed by atoms with E-state index < -0.39 is 0 Å². The molecule has 0 radical (unpaired) electrons. The van der Waals surface area contributed by atoms with Gasteiger partial charge in [-0.15, -0.1) is 0 Å². The zero-order valence-corrected chi connectivity index (χ0v) is 11.3. The third-order valence-electron chi connectivity index (χ3n) is 3.83. The van der Waals surface area contributed by atoms with E-state index in [0.29, 0.717) is 12.1 Å². The van der Waals surface area contributed by atoms with E-state index >= 15 is 0 Å². The number of rotatable bonds is 3. The van der Waals surface area contributed by atoms with Crippen LogP contribution in [0, 0.1) is 0 Å². The molecule has 3 nitrogen and oxygen atoms in total. The van der Waals surface area contributed by atoms with Crippen LogP contribution in [0.5, 0.6) is 0 Å². The van der Waals surface area contributed by atoms with Crippen LogP contribution in [0.3, 0.4) is 0 Å². The molecule has 2 unspecified atom stereocenters. The Hall–Kier alpha value is -1.61. The normalized spacial score (nSPS) is 23.4. The maximum atomic E-state index is 5.73. The predicted molar refractivity (Wildman–Crippen MR) is 78.4 cm³/mol. The smallest absolute Gasteiger partial charge is 0.0722 e. The van der Waals surface area contributed by atoms with Gasteiger partial charge in [-0.2, -0.15) is 0 Å². The van der Waals surface area contributed by atoms with E-state index in [1.165, 1.54) is 11.1 Å². The van der Waals surface area contributed by atoms with Gasteiger partial charge < -0.3 is 10.1 Å². The van der Waals surface area contributed by atoms with E-state index in [4.69, 9.17) is 4.74 Å². The second-order valence-corrected chi connectivity index (χ2v) is 5.14. The molecule has 19 heavy (non-hydrogen) atoms. The SMILES string of the molecule is CCC1CC(Nc2cccc3ncccc23)CCO1. The summed E-state index contributed by atoms with van der Waals surface area (Å²) in [7, 11) is 0. The van der Waals surface area contributed by atoms with Gasteiger partial charge in [0, 0.05) is 29.9 Å². The fraction of sp³-hybridized carbons (Fsp3) is 0.438. The number of ether oxygens (including phenoxy) is 1. The zero-order valence-electron chi connectivity index (χ0n) is 11.3. The monoisotopic (exact) mass is 256 g/mol. The molecule has 2 heterocycles. The highest BCUT2D eigenvalue weighted by Crippen LogP contribution is 2.25. The Labute approximate surface area is 114 Å². The number of benzene rings is 1. The molecule has 1 aliphatic heterocycles. The van der Waals surface area contributed by atoms with Crippen LogP contribution in [0.2, 0.25) is 0 Å². The van der Waals surface area contributed by atoms with Crippen LogP contribution >= 0.6 is 0 Å². The van der Waals surface area contributed by atoms with Crippen LogP contribution < -0.4 is 5.32 Å². The van der Waals surface area contributed by atoms with Crippen LogP contribution in [-0.4, -0.2) is 23.7 Å². The first-order valence-electron chi connectivity index (χ1n) is 7.08. The van der Waals surface area contributed by atoms with E-state index in [1.54, 1.807) is 0 Å². The number of anilines is 1. The molecule has 3 rings (SSSR count). The number of pyridine rings is 1. The summed E-state index contributed by atoms with van der Waals surface area (Å²) in [4.78, 5) is 4.40. The third-order valence-corrected chi connectivity index (χ3v) is 3.83. The lowest BCUT2D eigenvalue weighted by Gasteiger charge is -2.30. The average Bonchev–Trinajstić information content (AvgIpc) is 2.48. The number of aromatic nitrogens is 1. The molecule has 0 amide bonds. The molecular weight excluding hydrogens is 236 g/mol. The van der Waals surface area contributed by atoms with Crippen molar-refractivity contribution in [1.82, 2.24) is 4.98 Å². The van der Waals surface area contributed by atoms with E-state index in [1.807, 2.05) is 12.3 Å². The lowest BCUT2D eigenvalue weighted by Crippen LogP contribution is -2.33. The van der Waals surface area contributed by atoms with Gasteiger partial charge >= 0.3 is 0 Å². The standard InChI is InChI=1S/C16H20N2O/c1-2-13-11-12(8-10-19-13)18-16-7-3-6-15-14(16)5-4-9-17-15/h3-7,9,12-13,18H,2,8,10-11H2,1H3. The minimum absolute atomic E-state index is 0.402. The van der Waals surface area contributed by atoms with E-state index in [2.05, 4.69) is 41.5 Å². The van der Waals surface area contributed by atoms with Gasteiger partial charge in [0.15, 0.2) is 0 Å². The van der Waals surface area contributed by atoms with Gasteiger partial charge in [-0.25, -0.2) is 0 Å². The summed E-state index contributed by atoms with van der Waals surface area (Å²) in [5, 5.41) is 4.87. The quantitative estimate of drug-likeness (QED) is 0.911. The highest BCUT2D eigenvalue weighted by molar-refractivity contribution is 5.91. The van der Waals surface area contributed by atoms with Gasteiger partial charge in [0.1, 0.15) is 0 Å². The summed E-state index contributed by atoms with van der Waals surface area (Å²) >= 11 is 0. The summed E-state index contributed by atoms with van der Waals surface area (Å²) < 4.78 is 5.73. The van der Waals surface area contributed by atoms with Crippen molar-refractivity contribution in [2.75, 3.05) is 11.9 Å². The van der Waals surface area contributed by atoms with Gasteiger partial charge in [0.2, 0.25) is 0 Å². The van der Waals surface area contributed by atoms with Crippen molar-refractivity contribution >= 4 is 16.6 Å². The number of hydrogen-bond donors (Lipinski definition) is 1. The highest BCUT2D eigenvalue weighted by atomic mass is 16.5. The number of nitrogens with zero attached hydrogens (tertiary/aromatic N) is 1. The second-order valence-electron chi connectivity index (χ2n) is 5.14. The summed E-state index contributed by atoms with van der Waals surface area (Å²) in [6.45, 7) is 3.05. The van der Waals surface area contributed by atoms with Gasteiger partial charge in [-0.1, -0.05) is 13.0 Å².